The fraction of sp³-hybridized carbons (Fsp3) is 0.538. The predicted octanol–water partition coefficient (Wildman–Crippen LogP) is 2.50. The van der Waals surface area contributed by atoms with Crippen LogP contribution in [0.25, 0.3) is 0 Å². The normalized spacial score (nSPS) is 22.3. The van der Waals surface area contributed by atoms with Crippen LogP contribution in [0.5, 0.6) is 0 Å². The van der Waals surface area contributed by atoms with Gasteiger partial charge in [-0.05, 0) is 44.6 Å². The van der Waals surface area contributed by atoms with E-state index in [1.54, 1.807) is 5.56 Å². The van der Waals surface area contributed by atoms with Gasteiger partial charge in [0.1, 0.15) is 0 Å². The summed E-state index contributed by atoms with van der Waals surface area (Å²) < 4.78 is 0. The average Bonchev–Trinajstić information content (AvgIpc) is 2.63. The summed E-state index contributed by atoms with van der Waals surface area (Å²) in [5.41, 5.74) is 3.35. The van der Waals surface area contributed by atoms with Crippen LogP contribution in [0.1, 0.15) is 18.4 Å². The molecule has 3 heteroatoms. The zero-order valence-electron chi connectivity index (χ0n) is 9.70. The lowest BCUT2D eigenvalue weighted by Crippen LogP contribution is -2.42. The van der Waals surface area contributed by atoms with E-state index in [1.165, 1.54) is 31.6 Å². The van der Waals surface area contributed by atoms with Gasteiger partial charge in [-0.2, -0.15) is 0 Å². The summed E-state index contributed by atoms with van der Waals surface area (Å²) in [6.45, 7) is 3.60. The van der Waals surface area contributed by atoms with Crippen LogP contribution in [0, 0.1) is 0 Å². The van der Waals surface area contributed by atoms with E-state index in [0.717, 1.165) is 6.54 Å². The van der Waals surface area contributed by atoms with Crippen molar-refractivity contribution in [2.24, 2.45) is 0 Å². The molecule has 3 rings (SSSR count). The first-order valence-corrected chi connectivity index (χ1v) is 5.82. The van der Waals surface area contributed by atoms with E-state index in [4.69, 9.17) is 0 Å². The minimum atomic E-state index is 0. The van der Waals surface area contributed by atoms with Crippen molar-refractivity contribution in [2.45, 2.75) is 18.3 Å². The van der Waals surface area contributed by atoms with Crippen molar-refractivity contribution in [3.63, 3.8) is 0 Å². The van der Waals surface area contributed by atoms with Gasteiger partial charge in [0.25, 0.3) is 0 Å². The van der Waals surface area contributed by atoms with Gasteiger partial charge in [-0.25, -0.2) is 0 Å². The molecule has 0 unspecified atom stereocenters. The lowest BCUT2D eigenvalue weighted by molar-refractivity contribution is 0.200. The maximum atomic E-state index is 3.56. The van der Waals surface area contributed by atoms with Gasteiger partial charge in [0.15, 0.2) is 0 Å². The number of hydrogen-bond acceptors (Lipinski definition) is 2. The summed E-state index contributed by atoms with van der Waals surface area (Å²) >= 11 is 0. The number of para-hydroxylation sites is 1. The van der Waals surface area contributed by atoms with Gasteiger partial charge in [0, 0.05) is 17.6 Å². The topological polar surface area (TPSA) is 15.3 Å². The summed E-state index contributed by atoms with van der Waals surface area (Å²) in [4.78, 5) is 2.44. The Bertz CT molecular complexity index is 370. The summed E-state index contributed by atoms with van der Waals surface area (Å²) in [6.07, 6.45) is 2.60. The number of fused-ring (bicyclic) bond motifs is 2. The number of nitrogens with zero attached hydrogens (tertiary/aromatic N) is 1. The number of rotatable bonds is 0. The van der Waals surface area contributed by atoms with Crippen LogP contribution in [0.3, 0.4) is 0 Å². The van der Waals surface area contributed by atoms with Crippen LogP contribution < -0.4 is 5.32 Å². The number of benzene rings is 1. The minimum Gasteiger partial charge on any atom is -0.384 e. The number of piperidine rings is 1. The molecule has 1 aromatic rings. The van der Waals surface area contributed by atoms with Gasteiger partial charge < -0.3 is 10.2 Å². The van der Waals surface area contributed by atoms with E-state index >= 15 is 0 Å². The smallest absolute Gasteiger partial charge is 0.0379 e. The van der Waals surface area contributed by atoms with Crippen LogP contribution in [0.2, 0.25) is 0 Å². The number of likely N-dealkylation sites (tertiary alicyclic amines) is 1. The molecule has 0 aromatic heterocycles. The molecule has 2 aliphatic rings. The number of anilines is 1. The largest absolute Gasteiger partial charge is 0.384 e. The molecule has 0 aliphatic carbocycles. The lowest BCUT2D eigenvalue weighted by Gasteiger charge is -2.37. The van der Waals surface area contributed by atoms with Crippen molar-refractivity contribution in [2.75, 3.05) is 32.0 Å². The Kier molecular flexibility index (Phi) is 3.13. The fourth-order valence-corrected chi connectivity index (χ4v) is 2.95. The van der Waals surface area contributed by atoms with Gasteiger partial charge in [-0.1, -0.05) is 18.2 Å². The third-order valence-corrected chi connectivity index (χ3v) is 4.06. The number of hydrogen-bond donors (Lipinski definition) is 1. The Labute approximate surface area is 103 Å². The second-order valence-corrected chi connectivity index (χ2v) is 4.98. The monoisotopic (exact) mass is 238 g/mol. The fourth-order valence-electron chi connectivity index (χ4n) is 2.95. The van der Waals surface area contributed by atoms with E-state index < -0.39 is 0 Å². The van der Waals surface area contributed by atoms with Crippen molar-refractivity contribution in [3.8, 4) is 0 Å². The molecule has 2 nitrogen and oxygen atoms in total. The van der Waals surface area contributed by atoms with Crippen LogP contribution in [0.4, 0.5) is 5.69 Å². The van der Waals surface area contributed by atoms with Crippen LogP contribution in [0.15, 0.2) is 24.3 Å². The van der Waals surface area contributed by atoms with Crippen LogP contribution >= 0.6 is 12.4 Å². The molecule has 0 amide bonds. The Hall–Kier alpha value is -0.730. The van der Waals surface area contributed by atoms with Crippen molar-refractivity contribution in [1.29, 1.82) is 0 Å². The molecule has 1 aromatic carbocycles. The zero-order valence-corrected chi connectivity index (χ0v) is 10.5. The van der Waals surface area contributed by atoms with Gasteiger partial charge >= 0.3 is 0 Å². The third-order valence-electron chi connectivity index (χ3n) is 4.06. The molecule has 2 heterocycles. The van der Waals surface area contributed by atoms with E-state index in [1.807, 2.05) is 0 Å². The van der Waals surface area contributed by atoms with Crippen molar-refractivity contribution < 1.29 is 0 Å². The first-order chi connectivity index (χ1) is 7.30. The average molecular weight is 239 g/mol. The highest BCUT2D eigenvalue weighted by atomic mass is 35.5. The van der Waals surface area contributed by atoms with E-state index in [-0.39, 0.29) is 12.4 Å². The van der Waals surface area contributed by atoms with Crippen LogP contribution in [-0.2, 0) is 5.41 Å². The van der Waals surface area contributed by atoms with Crippen molar-refractivity contribution >= 4 is 18.1 Å². The summed E-state index contributed by atoms with van der Waals surface area (Å²) in [5.74, 6) is 0. The Morgan fingerprint density at radius 3 is 2.62 bits per heavy atom. The molecule has 0 radical (unpaired) electrons. The molecular formula is C13H19ClN2. The molecule has 0 atom stereocenters. The standard InChI is InChI=1S/C13H18N2.ClH/c1-15-8-6-13(7-9-15)10-14-12-5-3-2-4-11(12)13;/h2-5,14H,6-10H2,1H3;1H. The summed E-state index contributed by atoms with van der Waals surface area (Å²) in [5, 5.41) is 3.56. The second-order valence-electron chi connectivity index (χ2n) is 4.98. The molecule has 1 saturated heterocycles. The van der Waals surface area contributed by atoms with E-state index in [0.29, 0.717) is 5.41 Å². The van der Waals surface area contributed by atoms with Crippen LogP contribution in [-0.4, -0.2) is 31.6 Å². The highest BCUT2D eigenvalue weighted by molar-refractivity contribution is 5.85. The van der Waals surface area contributed by atoms with Crippen molar-refractivity contribution in [1.82, 2.24) is 4.90 Å². The molecule has 0 bridgehead atoms. The highest BCUT2D eigenvalue weighted by Gasteiger charge is 2.40. The quantitative estimate of drug-likeness (QED) is 0.747. The van der Waals surface area contributed by atoms with E-state index in [9.17, 15) is 0 Å². The number of nitrogens with one attached hydrogen (secondary N) is 1. The first-order valence-electron chi connectivity index (χ1n) is 5.82. The molecular weight excluding hydrogens is 220 g/mol. The SMILES string of the molecule is CN1CCC2(CC1)CNc1ccccc12.Cl. The summed E-state index contributed by atoms with van der Waals surface area (Å²) in [7, 11) is 2.22. The zero-order chi connectivity index (χ0) is 10.3. The van der Waals surface area contributed by atoms with Gasteiger partial charge in [-0.3, -0.25) is 0 Å². The molecule has 1 fully saturated rings. The molecule has 1 spiro atoms. The van der Waals surface area contributed by atoms with Gasteiger partial charge in [-0.15, -0.1) is 12.4 Å². The van der Waals surface area contributed by atoms with Gasteiger partial charge in [0.05, 0.1) is 0 Å². The highest BCUT2D eigenvalue weighted by Crippen LogP contribution is 2.43. The Morgan fingerprint density at radius 1 is 1.19 bits per heavy atom. The maximum absolute atomic E-state index is 3.56. The molecule has 2 aliphatic heterocycles. The molecule has 16 heavy (non-hydrogen) atoms. The second kappa shape index (κ2) is 4.27. The van der Waals surface area contributed by atoms with Crippen molar-refractivity contribution in [3.05, 3.63) is 29.8 Å². The molecule has 0 saturated carbocycles. The molecule has 88 valence electrons. The summed E-state index contributed by atoms with van der Waals surface area (Å²) in [6, 6.07) is 8.81. The maximum Gasteiger partial charge on any atom is 0.0379 e. The lowest BCUT2D eigenvalue weighted by atomic mass is 9.74. The Balaban J connectivity index is 0.000000963. The third kappa shape index (κ3) is 1.70. The Morgan fingerprint density at radius 2 is 1.88 bits per heavy atom. The first kappa shape index (κ1) is 11.7. The molecule has 1 N–H and O–H groups in total. The number of halogens is 1. The van der Waals surface area contributed by atoms with E-state index in [2.05, 4.69) is 41.5 Å². The minimum absolute atomic E-state index is 0. The van der Waals surface area contributed by atoms with Gasteiger partial charge in [0.2, 0.25) is 0 Å². The predicted molar refractivity (Wildman–Crippen MR) is 70.6 cm³/mol.